The quantitative estimate of drug-likeness (QED) is 0.764. The number of nitrogens with zero attached hydrogens (tertiary/aromatic N) is 3. The highest BCUT2D eigenvalue weighted by atomic mass is 32.1. The minimum absolute atomic E-state index is 0.103. The van der Waals surface area contributed by atoms with Gasteiger partial charge in [0.15, 0.2) is 0 Å². The van der Waals surface area contributed by atoms with Crippen molar-refractivity contribution in [3.63, 3.8) is 0 Å². The van der Waals surface area contributed by atoms with Crippen molar-refractivity contribution in [1.29, 1.82) is 0 Å². The highest BCUT2D eigenvalue weighted by molar-refractivity contribution is 7.18. The molecular formula is C13H9N5O2S. The molecule has 0 unspecified atom stereocenters. The number of aromatic amines is 1. The Morgan fingerprint density at radius 3 is 2.62 bits per heavy atom. The first-order valence-electron chi connectivity index (χ1n) is 5.98. The molecule has 3 rings (SSSR count). The maximum absolute atomic E-state index is 11.9. The molecule has 104 valence electrons. The first-order valence-corrected chi connectivity index (χ1v) is 6.80. The molecule has 0 saturated carbocycles. The maximum atomic E-state index is 11.9. The molecule has 0 saturated heterocycles. The largest absolute Gasteiger partial charge is 0.295 e. The fourth-order valence-electron chi connectivity index (χ4n) is 1.60. The predicted molar refractivity (Wildman–Crippen MR) is 78.2 cm³/mol. The van der Waals surface area contributed by atoms with E-state index in [1.807, 2.05) is 30.3 Å². The molecule has 3 aromatic rings. The summed E-state index contributed by atoms with van der Waals surface area (Å²) in [5.74, 6) is -0.456. The second-order valence-corrected chi connectivity index (χ2v) is 5.02. The van der Waals surface area contributed by atoms with Crippen molar-refractivity contribution in [1.82, 2.24) is 20.4 Å². The van der Waals surface area contributed by atoms with Gasteiger partial charge in [0.25, 0.3) is 11.5 Å². The molecule has 0 aliphatic carbocycles. The Morgan fingerprint density at radius 1 is 1.10 bits per heavy atom. The second-order valence-electron chi connectivity index (χ2n) is 4.04. The summed E-state index contributed by atoms with van der Waals surface area (Å²) in [6.07, 6.45) is 0. The van der Waals surface area contributed by atoms with Crippen molar-refractivity contribution in [3.05, 3.63) is 58.5 Å². The van der Waals surface area contributed by atoms with E-state index in [4.69, 9.17) is 0 Å². The molecule has 0 atom stereocenters. The molecule has 0 bridgehead atoms. The van der Waals surface area contributed by atoms with E-state index in [1.54, 1.807) is 0 Å². The minimum atomic E-state index is -0.456. The average molecular weight is 299 g/mol. The maximum Gasteiger partial charge on any atom is 0.277 e. The normalized spacial score (nSPS) is 10.3. The Balaban J connectivity index is 1.77. The summed E-state index contributed by atoms with van der Waals surface area (Å²) in [5, 5.41) is 17.4. The summed E-state index contributed by atoms with van der Waals surface area (Å²) in [7, 11) is 0. The van der Waals surface area contributed by atoms with Crippen molar-refractivity contribution in [2.24, 2.45) is 0 Å². The summed E-state index contributed by atoms with van der Waals surface area (Å²) < 4.78 is 0. The summed E-state index contributed by atoms with van der Waals surface area (Å²) in [5.41, 5.74) is 0.664. The van der Waals surface area contributed by atoms with Crippen molar-refractivity contribution in [2.75, 3.05) is 5.32 Å². The Labute approximate surface area is 122 Å². The summed E-state index contributed by atoms with van der Waals surface area (Å²) in [4.78, 5) is 22.8. The highest BCUT2D eigenvalue weighted by Crippen LogP contribution is 2.25. The van der Waals surface area contributed by atoms with Gasteiger partial charge in [-0.2, -0.15) is 5.10 Å². The molecule has 21 heavy (non-hydrogen) atoms. The molecule has 2 aromatic heterocycles. The number of anilines is 1. The Morgan fingerprint density at radius 2 is 1.90 bits per heavy atom. The third-order valence-electron chi connectivity index (χ3n) is 2.58. The van der Waals surface area contributed by atoms with Gasteiger partial charge in [-0.3, -0.25) is 14.9 Å². The molecule has 0 radical (unpaired) electrons. The lowest BCUT2D eigenvalue weighted by atomic mass is 10.2. The van der Waals surface area contributed by atoms with Crippen LogP contribution in [0.4, 0.5) is 5.13 Å². The van der Waals surface area contributed by atoms with Crippen LogP contribution in [0, 0.1) is 0 Å². The summed E-state index contributed by atoms with van der Waals surface area (Å²) >= 11 is 1.26. The van der Waals surface area contributed by atoms with Gasteiger partial charge < -0.3 is 0 Å². The number of H-pyrrole nitrogens is 1. The fourth-order valence-corrected chi connectivity index (χ4v) is 2.35. The van der Waals surface area contributed by atoms with E-state index in [0.717, 1.165) is 5.56 Å². The zero-order valence-corrected chi connectivity index (χ0v) is 11.4. The number of rotatable bonds is 3. The molecular weight excluding hydrogens is 290 g/mol. The lowest BCUT2D eigenvalue weighted by molar-refractivity contribution is 0.102. The standard InChI is InChI=1S/C13H9N5O2S/c19-10-7-6-9(15-16-10)11(20)14-13-18-17-12(21-13)8-4-2-1-3-5-8/h1-7H,(H,16,19)(H,14,18,20). The van der Waals surface area contributed by atoms with Crippen LogP contribution >= 0.6 is 11.3 Å². The number of carbonyl (C=O) groups excluding carboxylic acids is 1. The molecule has 2 N–H and O–H groups in total. The van der Waals surface area contributed by atoms with E-state index in [1.165, 1.54) is 23.5 Å². The van der Waals surface area contributed by atoms with Crippen LogP contribution in [0.5, 0.6) is 0 Å². The van der Waals surface area contributed by atoms with Gasteiger partial charge in [-0.05, 0) is 6.07 Å². The molecule has 1 aromatic carbocycles. The SMILES string of the molecule is O=C(Nc1nnc(-c2ccccc2)s1)c1ccc(=O)[nH]n1. The first kappa shape index (κ1) is 13.1. The highest BCUT2D eigenvalue weighted by Gasteiger charge is 2.12. The first-order chi connectivity index (χ1) is 10.2. The number of benzene rings is 1. The zero-order valence-electron chi connectivity index (χ0n) is 10.6. The van der Waals surface area contributed by atoms with Gasteiger partial charge in [0.05, 0.1) is 0 Å². The average Bonchev–Trinajstić information content (AvgIpc) is 2.97. The van der Waals surface area contributed by atoms with Crippen molar-refractivity contribution in [2.45, 2.75) is 0 Å². The monoisotopic (exact) mass is 299 g/mol. The van der Waals surface area contributed by atoms with Crippen LogP contribution < -0.4 is 10.9 Å². The van der Waals surface area contributed by atoms with E-state index < -0.39 is 5.91 Å². The minimum Gasteiger partial charge on any atom is -0.295 e. The predicted octanol–water partition coefficient (Wildman–Crippen LogP) is 1.54. The zero-order chi connectivity index (χ0) is 14.7. The lowest BCUT2D eigenvalue weighted by Crippen LogP contribution is -2.17. The van der Waals surface area contributed by atoms with Crippen LogP contribution in [0.2, 0.25) is 0 Å². The molecule has 2 heterocycles. The topological polar surface area (TPSA) is 101 Å². The molecule has 1 amide bonds. The van der Waals surface area contributed by atoms with Crippen LogP contribution in [0.1, 0.15) is 10.5 Å². The van der Waals surface area contributed by atoms with Crippen LogP contribution in [0.15, 0.2) is 47.3 Å². The molecule has 0 fully saturated rings. The molecule has 8 heteroatoms. The van der Waals surface area contributed by atoms with Gasteiger partial charge in [0, 0.05) is 11.6 Å². The third-order valence-corrected chi connectivity index (χ3v) is 3.47. The number of hydrogen-bond acceptors (Lipinski definition) is 6. The summed E-state index contributed by atoms with van der Waals surface area (Å²) in [6, 6.07) is 12.1. The van der Waals surface area contributed by atoms with Gasteiger partial charge in [0.2, 0.25) is 5.13 Å². The number of carbonyl (C=O) groups is 1. The van der Waals surface area contributed by atoms with E-state index in [-0.39, 0.29) is 11.3 Å². The van der Waals surface area contributed by atoms with Crippen molar-refractivity contribution >= 4 is 22.4 Å². The molecule has 7 nitrogen and oxygen atoms in total. The van der Waals surface area contributed by atoms with Crippen LogP contribution in [-0.4, -0.2) is 26.3 Å². The van der Waals surface area contributed by atoms with Crippen LogP contribution in [-0.2, 0) is 0 Å². The van der Waals surface area contributed by atoms with E-state index in [9.17, 15) is 9.59 Å². The second kappa shape index (κ2) is 5.63. The van der Waals surface area contributed by atoms with Crippen LogP contribution in [0.25, 0.3) is 10.6 Å². The molecule has 0 aliphatic rings. The number of aromatic nitrogens is 4. The molecule has 0 spiro atoms. The summed E-state index contributed by atoms with van der Waals surface area (Å²) in [6.45, 7) is 0. The Hall–Kier alpha value is -2.87. The van der Waals surface area contributed by atoms with Crippen molar-refractivity contribution in [3.8, 4) is 10.6 Å². The van der Waals surface area contributed by atoms with Gasteiger partial charge in [-0.15, -0.1) is 10.2 Å². The fraction of sp³-hybridized carbons (Fsp3) is 0. The van der Waals surface area contributed by atoms with Gasteiger partial charge in [0.1, 0.15) is 10.7 Å². The number of nitrogens with one attached hydrogen (secondary N) is 2. The Bertz CT molecular complexity index is 807. The number of hydrogen-bond donors (Lipinski definition) is 2. The van der Waals surface area contributed by atoms with Gasteiger partial charge in [-0.1, -0.05) is 41.7 Å². The van der Waals surface area contributed by atoms with E-state index >= 15 is 0 Å². The van der Waals surface area contributed by atoms with E-state index in [0.29, 0.717) is 10.1 Å². The number of amides is 1. The van der Waals surface area contributed by atoms with Crippen molar-refractivity contribution < 1.29 is 4.79 Å². The van der Waals surface area contributed by atoms with E-state index in [2.05, 4.69) is 25.7 Å². The third kappa shape index (κ3) is 3.00. The van der Waals surface area contributed by atoms with Gasteiger partial charge >= 0.3 is 0 Å². The lowest BCUT2D eigenvalue weighted by Gasteiger charge is -1.98. The smallest absolute Gasteiger partial charge is 0.277 e. The molecule has 0 aliphatic heterocycles. The Kier molecular flexibility index (Phi) is 3.52. The van der Waals surface area contributed by atoms with Crippen LogP contribution in [0.3, 0.4) is 0 Å². The van der Waals surface area contributed by atoms with Gasteiger partial charge in [-0.25, -0.2) is 5.10 Å².